The molecule has 20 heavy (non-hydrogen) atoms. The summed E-state index contributed by atoms with van der Waals surface area (Å²) in [7, 11) is 0. The highest BCUT2D eigenvalue weighted by Crippen LogP contribution is 2.22. The number of aliphatic hydroxyl groups is 1. The summed E-state index contributed by atoms with van der Waals surface area (Å²) in [5, 5.41) is 13.2. The zero-order valence-corrected chi connectivity index (χ0v) is 13.3. The molecule has 0 aliphatic rings. The minimum atomic E-state index is -0.403. The molecule has 5 nitrogen and oxygen atoms in total. The van der Waals surface area contributed by atoms with Gasteiger partial charge in [-0.2, -0.15) is 0 Å². The predicted octanol–water partition coefficient (Wildman–Crippen LogP) is 2.53. The standard InChI is InChI=1S/C15H28N4O/c1-6-7-12-18-13(16)10(2)14(19-12)17-9-11(20)8-15(3,4)5/h11,20H,6-9H2,1-5H3,(H3,16,17,18,19). The van der Waals surface area contributed by atoms with Crippen molar-refractivity contribution in [3.8, 4) is 0 Å². The first-order chi connectivity index (χ1) is 9.23. The Bertz CT molecular complexity index is 440. The first-order valence-corrected chi connectivity index (χ1v) is 7.28. The number of aromatic nitrogens is 2. The fourth-order valence-electron chi connectivity index (χ4n) is 2.08. The average Bonchev–Trinajstić information content (AvgIpc) is 2.30. The van der Waals surface area contributed by atoms with E-state index >= 15 is 0 Å². The van der Waals surface area contributed by atoms with Crippen LogP contribution in [0.1, 0.15) is 51.9 Å². The van der Waals surface area contributed by atoms with Crippen molar-refractivity contribution in [1.82, 2.24) is 9.97 Å². The molecular weight excluding hydrogens is 252 g/mol. The van der Waals surface area contributed by atoms with Crippen LogP contribution in [0.15, 0.2) is 0 Å². The van der Waals surface area contributed by atoms with Gasteiger partial charge in [-0.05, 0) is 25.2 Å². The summed E-state index contributed by atoms with van der Waals surface area (Å²) in [5.74, 6) is 1.99. The second-order valence-electron chi connectivity index (χ2n) is 6.55. The monoisotopic (exact) mass is 280 g/mol. The largest absolute Gasteiger partial charge is 0.391 e. The van der Waals surface area contributed by atoms with Gasteiger partial charge in [0.25, 0.3) is 0 Å². The van der Waals surface area contributed by atoms with E-state index in [1.165, 1.54) is 0 Å². The zero-order chi connectivity index (χ0) is 15.3. The van der Waals surface area contributed by atoms with Gasteiger partial charge in [-0.15, -0.1) is 0 Å². The molecule has 0 aliphatic carbocycles. The van der Waals surface area contributed by atoms with E-state index in [2.05, 4.69) is 43.0 Å². The Labute approximate surface area is 122 Å². The van der Waals surface area contributed by atoms with Crippen LogP contribution in [0.3, 0.4) is 0 Å². The highest BCUT2D eigenvalue weighted by atomic mass is 16.3. The summed E-state index contributed by atoms with van der Waals surface area (Å²) >= 11 is 0. The summed E-state index contributed by atoms with van der Waals surface area (Å²) in [6.45, 7) is 10.8. The quantitative estimate of drug-likeness (QED) is 0.745. The third-order valence-corrected chi connectivity index (χ3v) is 3.06. The highest BCUT2D eigenvalue weighted by molar-refractivity contribution is 5.54. The number of rotatable bonds is 6. The van der Waals surface area contributed by atoms with Crippen molar-refractivity contribution in [1.29, 1.82) is 0 Å². The number of nitrogens with two attached hydrogens (primary N) is 1. The Morgan fingerprint density at radius 3 is 2.50 bits per heavy atom. The highest BCUT2D eigenvalue weighted by Gasteiger charge is 2.17. The third-order valence-electron chi connectivity index (χ3n) is 3.06. The zero-order valence-electron chi connectivity index (χ0n) is 13.3. The van der Waals surface area contributed by atoms with Gasteiger partial charge in [0.1, 0.15) is 17.5 Å². The molecule has 4 N–H and O–H groups in total. The molecule has 0 bridgehead atoms. The molecule has 0 saturated carbocycles. The molecule has 5 heteroatoms. The Kier molecular flexibility index (Phi) is 5.74. The maximum atomic E-state index is 10.0. The van der Waals surface area contributed by atoms with E-state index in [0.717, 1.165) is 36.5 Å². The van der Waals surface area contributed by atoms with Gasteiger partial charge in [0.2, 0.25) is 0 Å². The van der Waals surface area contributed by atoms with E-state index in [9.17, 15) is 5.11 Å². The fraction of sp³-hybridized carbons (Fsp3) is 0.733. The van der Waals surface area contributed by atoms with E-state index in [-0.39, 0.29) is 5.41 Å². The van der Waals surface area contributed by atoms with Crippen LogP contribution in [-0.2, 0) is 6.42 Å². The van der Waals surface area contributed by atoms with Gasteiger partial charge in [-0.25, -0.2) is 9.97 Å². The Hall–Kier alpha value is -1.36. The van der Waals surface area contributed by atoms with Gasteiger partial charge in [-0.1, -0.05) is 27.7 Å². The van der Waals surface area contributed by atoms with Crippen LogP contribution in [0.5, 0.6) is 0 Å². The average molecular weight is 280 g/mol. The molecular formula is C15H28N4O. The van der Waals surface area contributed by atoms with Crippen LogP contribution in [-0.4, -0.2) is 27.7 Å². The maximum absolute atomic E-state index is 10.0. The first-order valence-electron chi connectivity index (χ1n) is 7.28. The SMILES string of the molecule is CCCc1nc(N)c(C)c(NCC(O)CC(C)(C)C)n1. The van der Waals surface area contributed by atoms with E-state index in [4.69, 9.17) is 5.73 Å². The molecule has 0 amide bonds. The van der Waals surface area contributed by atoms with Crippen molar-refractivity contribution in [2.75, 3.05) is 17.6 Å². The predicted molar refractivity (Wildman–Crippen MR) is 83.7 cm³/mol. The molecule has 0 aromatic carbocycles. The summed E-state index contributed by atoms with van der Waals surface area (Å²) in [6.07, 6.45) is 2.12. The lowest BCUT2D eigenvalue weighted by Crippen LogP contribution is -2.26. The number of hydrogen-bond donors (Lipinski definition) is 3. The number of nitrogen functional groups attached to an aromatic ring is 1. The minimum absolute atomic E-state index is 0.105. The fourth-order valence-corrected chi connectivity index (χ4v) is 2.08. The van der Waals surface area contributed by atoms with Gasteiger partial charge < -0.3 is 16.2 Å². The van der Waals surface area contributed by atoms with Crippen LogP contribution in [0, 0.1) is 12.3 Å². The van der Waals surface area contributed by atoms with Crippen LogP contribution < -0.4 is 11.1 Å². The molecule has 1 heterocycles. The molecule has 0 fully saturated rings. The molecule has 1 aromatic rings. The van der Waals surface area contributed by atoms with Crippen LogP contribution in [0.2, 0.25) is 0 Å². The number of aryl methyl sites for hydroxylation is 1. The molecule has 0 saturated heterocycles. The van der Waals surface area contributed by atoms with Crippen molar-refractivity contribution >= 4 is 11.6 Å². The van der Waals surface area contributed by atoms with E-state index in [1.807, 2.05) is 6.92 Å². The number of nitrogens with one attached hydrogen (secondary N) is 1. The summed E-state index contributed by atoms with van der Waals surface area (Å²) in [4.78, 5) is 8.75. The molecule has 0 aliphatic heterocycles. The van der Waals surface area contributed by atoms with Crippen LogP contribution in [0.4, 0.5) is 11.6 Å². The Morgan fingerprint density at radius 1 is 1.30 bits per heavy atom. The van der Waals surface area contributed by atoms with Crippen molar-refractivity contribution in [2.45, 2.75) is 60.0 Å². The minimum Gasteiger partial charge on any atom is -0.391 e. The van der Waals surface area contributed by atoms with Gasteiger partial charge in [0.15, 0.2) is 0 Å². The number of aliphatic hydroxyl groups excluding tert-OH is 1. The summed E-state index contributed by atoms with van der Waals surface area (Å²) < 4.78 is 0. The van der Waals surface area contributed by atoms with Crippen molar-refractivity contribution < 1.29 is 5.11 Å². The van der Waals surface area contributed by atoms with Gasteiger partial charge >= 0.3 is 0 Å². The van der Waals surface area contributed by atoms with E-state index in [0.29, 0.717) is 12.4 Å². The smallest absolute Gasteiger partial charge is 0.134 e. The lowest BCUT2D eigenvalue weighted by molar-refractivity contribution is 0.132. The van der Waals surface area contributed by atoms with Crippen LogP contribution >= 0.6 is 0 Å². The molecule has 1 atom stereocenters. The molecule has 0 radical (unpaired) electrons. The lowest BCUT2D eigenvalue weighted by atomic mass is 9.89. The van der Waals surface area contributed by atoms with E-state index < -0.39 is 6.10 Å². The second kappa shape index (κ2) is 6.88. The molecule has 1 aromatic heterocycles. The second-order valence-corrected chi connectivity index (χ2v) is 6.55. The van der Waals surface area contributed by atoms with Crippen molar-refractivity contribution in [2.24, 2.45) is 5.41 Å². The number of anilines is 2. The molecule has 0 spiro atoms. The number of nitrogens with zero attached hydrogens (tertiary/aromatic N) is 2. The maximum Gasteiger partial charge on any atom is 0.134 e. The molecule has 114 valence electrons. The lowest BCUT2D eigenvalue weighted by Gasteiger charge is -2.23. The Morgan fingerprint density at radius 2 is 1.95 bits per heavy atom. The molecule has 1 unspecified atom stereocenters. The van der Waals surface area contributed by atoms with Crippen LogP contribution in [0.25, 0.3) is 0 Å². The van der Waals surface area contributed by atoms with E-state index in [1.54, 1.807) is 0 Å². The summed E-state index contributed by atoms with van der Waals surface area (Å²) in [5.41, 5.74) is 6.85. The van der Waals surface area contributed by atoms with Crippen molar-refractivity contribution in [3.05, 3.63) is 11.4 Å². The topological polar surface area (TPSA) is 84.1 Å². The van der Waals surface area contributed by atoms with Gasteiger partial charge in [0.05, 0.1) is 6.10 Å². The molecule has 1 rings (SSSR count). The van der Waals surface area contributed by atoms with Gasteiger partial charge in [-0.3, -0.25) is 0 Å². The number of hydrogen-bond acceptors (Lipinski definition) is 5. The first kappa shape index (κ1) is 16.7. The normalized spacial score (nSPS) is 13.3. The van der Waals surface area contributed by atoms with Crippen molar-refractivity contribution in [3.63, 3.8) is 0 Å². The Balaban J connectivity index is 2.72. The van der Waals surface area contributed by atoms with Gasteiger partial charge in [0, 0.05) is 18.5 Å². The third kappa shape index (κ3) is 5.33. The summed E-state index contributed by atoms with van der Waals surface area (Å²) in [6, 6.07) is 0.